The van der Waals surface area contributed by atoms with Crippen molar-refractivity contribution in [1.29, 1.82) is 0 Å². The molecule has 0 heterocycles. The van der Waals surface area contributed by atoms with Crippen LogP contribution in [0.2, 0.25) is 0 Å². The van der Waals surface area contributed by atoms with Crippen molar-refractivity contribution in [1.82, 2.24) is 5.32 Å². The molecule has 23 heavy (non-hydrogen) atoms. The van der Waals surface area contributed by atoms with E-state index in [-0.39, 0.29) is 18.0 Å². The van der Waals surface area contributed by atoms with Crippen LogP contribution in [0.15, 0.2) is 0 Å². The lowest BCUT2D eigenvalue weighted by molar-refractivity contribution is -0.114. The minimum absolute atomic E-state index is 0.126. The van der Waals surface area contributed by atoms with Crippen LogP contribution in [0, 0.1) is 10.7 Å². The Hall–Kier alpha value is -0.0600. The predicted octanol–water partition coefficient (Wildman–Crippen LogP) is 1.35. The second-order valence-corrected chi connectivity index (χ2v) is 7.69. The lowest BCUT2D eigenvalue weighted by Crippen LogP contribution is -2.35. The van der Waals surface area contributed by atoms with Gasteiger partial charge in [-0.1, -0.05) is 0 Å². The van der Waals surface area contributed by atoms with Gasteiger partial charge in [0.25, 0.3) is 5.91 Å². The molecule has 10 heteroatoms. The zero-order chi connectivity index (χ0) is 17.7. The fourth-order valence-electron chi connectivity index (χ4n) is 1.64. The van der Waals surface area contributed by atoms with Crippen LogP contribution >= 0.6 is 67.8 Å². The van der Waals surface area contributed by atoms with Gasteiger partial charge in [0.1, 0.15) is 0 Å². The van der Waals surface area contributed by atoms with Gasteiger partial charge in [0.05, 0.1) is 27.5 Å². The summed E-state index contributed by atoms with van der Waals surface area (Å²) >= 11 is 5.77. The highest BCUT2D eigenvalue weighted by atomic mass is 127. The Balaban J connectivity index is 3.38. The van der Waals surface area contributed by atoms with E-state index >= 15 is 0 Å². The number of aliphatic hydroxyl groups excluding tert-OH is 2. The number of aliphatic hydroxyl groups is 2. The molecular weight excluding hydrogens is 645 g/mol. The molecule has 0 fully saturated rings. The Morgan fingerprint density at radius 3 is 2.30 bits per heavy atom. The number of nitrogens with one attached hydrogen (secondary N) is 2. The van der Waals surface area contributed by atoms with Crippen molar-refractivity contribution in [3.8, 4) is 0 Å². The van der Waals surface area contributed by atoms with Gasteiger partial charge in [-0.3, -0.25) is 14.4 Å². The molecule has 126 valence electrons. The second kappa shape index (κ2) is 9.43. The highest BCUT2D eigenvalue weighted by Gasteiger charge is 2.25. The van der Waals surface area contributed by atoms with E-state index in [1.54, 1.807) is 0 Å². The maximum absolute atomic E-state index is 12.4. The molecule has 7 nitrogen and oxygen atoms in total. The minimum Gasteiger partial charge on any atom is -0.394 e. The number of benzene rings is 1. The summed E-state index contributed by atoms with van der Waals surface area (Å²) in [6, 6.07) is 0. The van der Waals surface area contributed by atoms with Crippen molar-refractivity contribution in [3.63, 3.8) is 0 Å². The summed E-state index contributed by atoms with van der Waals surface area (Å²) in [7, 11) is 0. The van der Waals surface area contributed by atoms with E-state index in [1.807, 2.05) is 67.8 Å². The van der Waals surface area contributed by atoms with E-state index in [1.165, 1.54) is 6.92 Å². The van der Waals surface area contributed by atoms with Crippen LogP contribution in [0.4, 0.5) is 5.69 Å². The number of rotatable bonds is 6. The molecule has 1 rings (SSSR count). The van der Waals surface area contributed by atoms with Gasteiger partial charge in [-0.05, 0) is 67.8 Å². The highest BCUT2D eigenvalue weighted by Crippen LogP contribution is 2.34. The predicted molar refractivity (Wildman–Crippen MR) is 110 cm³/mol. The minimum atomic E-state index is -1.07. The molecule has 2 amide bonds. The molecule has 0 aliphatic carbocycles. The van der Waals surface area contributed by atoms with Crippen LogP contribution in [0.3, 0.4) is 0 Å². The molecule has 0 aliphatic rings. The normalized spacial score (nSPS) is 11.7. The SMILES string of the molecule is CC(=O)Nc1c(I)c(C=O)c(I)c(C(=O)NCC(O)CO)c1I. The molecule has 0 radical (unpaired) electrons. The van der Waals surface area contributed by atoms with Crippen LogP contribution in [-0.2, 0) is 4.79 Å². The quantitative estimate of drug-likeness (QED) is 0.273. The molecular formula is C13H13I3N2O5. The largest absolute Gasteiger partial charge is 0.394 e. The Labute approximate surface area is 173 Å². The first kappa shape index (κ1) is 21.0. The van der Waals surface area contributed by atoms with Crippen LogP contribution in [0.1, 0.15) is 27.6 Å². The number of aldehydes is 1. The van der Waals surface area contributed by atoms with Gasteiger partial charge in [0.15, 0.2) is 6.29 Å². The standard InChI is InChI=1S/C13H13I3N2O5/c1-5(21)18-12-10(15)7(4-20)9(14)8(11(12)16)13(23)17-2-6(22)3-19/h4,6,19,22H,2-3H2,1H3,(H,17,23)(H,18,21). The van der Waals surface area contributed by atoms with Crippen molar-refractivity contribution >= 4 is 91.6 Å². The van der Waals surface area contributed by atoms with E-state index in [4.69, 9.17) is 5.11 Å². The first-order valence-corrected chi connectivity index (χ1v) is 9.48. The summed E-state index contributed by atoms with van der Waals surface area (Å²) in [5.74, 6) is -0.821. The van der Waals surface area contributed by atoms with E-state index in [2.05, 4.69) is 10.6 Å². The maximum atomic E-state index is 12.4. The van der Waals surface area contributed by atoms with Gasteiger partial charge in [0.2, 0.25) is 5.91 Å². The third kappa shape index (κ3) is 5.20. The third-order valence-electron chi connectivity index (χ3n) is 2.71. The molecule has 0 saturated heterocycles. The van der Waals surface area contributed by atoms with Crippen LogP contribution in [0.25, 0.3) is 0 Å². The van der Waals surface area contributed by atoms with Crippen LogP contribution in [0.5, 0.6) is 0 Å². The molecule has 0 saturated carbocycles. The molecule has 0 spiro atoms. The first-order valence-electron chi connectivity index (χ1n) is 6.24. The van der Waals surface area contributed by atoms with Crippen molar-refractivity contribution in [2.75, 3.05) is 18.5 Å². The molecule has 0 bridgehead atoms. The van der Waals surface area contributed by atoms with E-state index in [9.17, 15) is 19.5 Å². The van der Waals surface area contributed by atoms with E-state index in [0.717, 1.165) is 0 Å². The van der Waals surface area contributed by atoms with Gasteiger partial charge in [-0.25, -0.2) is 0 Å². The van der Waals surface area contributed by atoms with Gasteiger partial charge in [0, 0.05) is 26.2 Å². The number of amides is 2. The number of anilines is 1. The number of carbonyl (C=O) groups excluding carboxylic acids is 3. The van der Waals surface area contributed by atoms with Crippen molar-refractivity contribution in [3.05, 3.63) is 21.8 Å². The number of halogens is 3. The molecule has 0 aliphatic heterocycles. The number of hydrogen-bond acceptors (Lipinski definition) is 5. The van der Waals surface area contributed by atoms with E-state index in [0.29, 0.717) is 28.2 Å². The lowest BCUT2D eigenvalue weighted by Gasteiger charge is -2.17. The average Bonchev–Trinajstić information content (AvgIpc) is 2.49. The summed E-state index contributed by atoms with van der Waals surface area (Å²) in [6.45, 7) is 0.735. The van der Waals surface area contributed by atoms with Crippen molar-refractivity contribution in [2.45, 2.75) is 13.0 Å². The first-order chi connectivity index (χ1) is 10.7. The molecule has 1 atom stereocenters. The van der Waals surface area contributed by atoms with Gasteiger partial charge in [-0.2, -0.15) is 0 Å². The summed E-state index contributed by atoms with van der Waals surface area (Å²) in [5.41, 5.74) is 0.944. The Kier molecular flexibility index (Phi) is 8.60. The molecule has 1 aromatic rings. The smallest absolute Gasteiger partial charge is 0.253 e. The Morgan fingerprint density at radius 1 is 1.22 bits per heavy atom. The second-order valence-electron chi connectivity index (χ2n) is 4.45. The average molecular weight is 658 g/mol. The van der Waals surface area contributed by atoms with Gasteiger partial charge >= 0.3 is 0 Å². The van der Waals surface area contributed by atoms with Crippen molar-refractivity contribution < 1.29 is 24.6 Å². The summed E-state index contributed by atoms with van der Waals surface area (Å²) < 4.78 is 1.50. The topological polar surface area (TPSA) is 116 Å². The lowest BCUT2D eigenvalue weighted by atomic mass is 10.1. The Bertz CT molecular complexity index is 651. The summed E-state index contributed by atoms with van der Waals surface area (Å²) in [5, 5.41) is 23.2. The monoisotopic (exact) mass is 658 g/mol. The Morgan fingerprint density at radius 2 is 1.83 bits per heavy atom. The summed E-state index contributed by atoms with van der Waals surface area (Å²) in [6.07, 6.45) is -0.442. The summed E-state index contributed by atoms with van der Waals surface area (Å²) in [4.78, 5) is 35.1. The third-order valence-corrected chi connectivity index (χ3v) is 6.03. The number of carbonyl (C=O) groups is 3. The van der Waals surface area contributed by atoms with Crippen LogP contribution < -0.4 is 10.6 Å². The number of hydrogen-bond donors (Lipinski definition) is 4. The fourth-order valence-corrected chi connectivity index (χ4v) is 5.82. The molecule has 4 N–H and O–H groups in total. The molecule has 0 aromatic heterocycles. The molecule has 1 aromatic carbocycles. The zero-order valence-corrected chi connectivity index (χ0v) is 18.3. The highest BCUT2D eigenvalue weighted by molar-refractivity contribution is 14.1. The van der Waals surface area contributed by atoms with Crippen LogP contribution in [-0.4, -0.2) is 47.6 Å². The van der Waals surface area contributed by atoms with E-state index < -0.39 is 18.6 Å². The fraction of sp³-hybridized carbons (Fsp3) is 0.308. The van der Waals surface area contributed by atoms with Crippen molar-refractivity contribution in [2.24, 2.45) is 0 Å². The zero-order valence-electron chi connectivity index (χ0n) is 11.8. The van der Waals surface area contributed by atoms with Gasteiger partial charge in [-0.15, -0.1) is 0 Å². The molecule has 1 unspecified atom stereocenters. The van der Waals surface area contributed by atoms with Gasteiger partial charge < -0.3 is 20.8 Å². The maximum Gasteiger partial charge on any atom is 0.253 e.